The highest BCUT2D eigenvalue weighted by Crippen LogP contribution is 2.33. The molecule has 3 aromatic rings. The molecule has 162 valence electrons. The lowest BCUT2D eigenvalue weighted by Gasteiger charge is -2.13. The van der Waals surface area contributed by atoms with Crippen molar-refractivity contribution in [1.29, 1.82) is 0 Å². The molecule has 0 fully saturated rings. The molecule has 1 heterocycles. The molecule has 0 aliphatic heterocycles. The van der Waals surface area contributed by atoms with E-state index in [4.69, 9.17) is 4.74 Å². The van der Waals surface area contributed by atoms with Crippen molar-refractivity contribution in [3.05, 3.63) is 57.6 Å². The molecule has 0 bridgehead atoms. The fraction of sp³-hybridized carbons (Fsp3) is 0.250. The van der Waals surface area contributed by atoms with Gasteiger partial charge in [0.05, 0.1) is 23.0 Å². The van der Waals surface area contributed by atoms with Crippen molar-refractivity contribution in [3.8, 4) is 5.75 Å². The first-order valence-corrected chi connectivity index (χ1v) is 10.9. The molecule has 0 saturated carbocycles. The summed E-state index contributed by atoms with van der Waals surface area (Å²) in [6.07, 6.45) is 0. The van der Waals surface area contributed by atoms with Gasteiger partial charge in [0, 0.05) is 17.8 Å². The number of nitro groups is 1. The molecule has 1 aromatic heterocycles. The van der Waals surface area contributed by atoms with Crippen LogP contribution in [0.25, 0.3) is 0 Å². The predicted molar refractivity (Wildman–Crippen MR) is 123 cm³/mol. The van der Waals surface area contributed by atoms with Crippen LogP contribution < -0.4 is 15.4 Å². The van der Waals surface area contributed by atoms with Crippen LogP contribution in [0.15, 0.2) is 40.7 Å². The highest BCUT2D eigenvalue weighted by molar-refractivity contribution is 8.02. The van der Waals surface area contributed by atoms with E-state index in [0.717, 1.165) is 5.69 Å². The van der Waals surface area contributed by atoms with E-state index in [9.17, 15) is 14.9 Å². The van der Waals surface area contributed by atoms with E-state index in [-0.39, 0.29) is 17.3 Å². The van der Waals surface area contributed by atoms with Crippen LogP contribution >= 0.6 is 23.1 Å². The highest BCUT2D eigenvalue weighted by atomic mass is 32.2. The van der Waals surface area contributed by atoms with Crippen LogP contribution in [0.5, 0.6) is 5.75 Å². The van der Waals surface area contributed by atoms with Crippen LogP contribution in [0.2, 0.25) is 0 Å². The zero-order valence-electron chi connectivity index (χ0n) is 17.3. The number of anilines is 3. The minimum absolute atomic E-state index is 0.136. The minimum Gasteiger partial charge on any atom is -0.495 e. The van der Waals surface area contributed by atoms with Crippen molar-refractivity contribution in [2.45, 2.75) is 30.4 Å². The second-order valence-electron chi connectivity index (χ2n) is 6.69. The standard InChI is InChI=1S/C20H21N5O4S2/c1-11-5-6-14(9-12(11)2)21-19-23-24-20(31-19)30-13(3)18(26)22-16-10-15(25(27)28)7-8-17(16)29-4/h5-10,13H,1-4H3,(H,21,23)(H,22,26). The number of methoxy groups -OCH3 is 1. The van der Waals surface area contributed by atoms with Gasteiger partial charge in [-0.1, -0.05) is 29.2 Å². The third-order valence-electron chi connectivity index (χ3n) is 4.46. The first kappa shape index (κ1) is 22.5. The molecule has 31 heavy (non-hydrogen) atoms. The number of carbonyl (C=O) groups excluding carboxylic acids is 1. The zero-order chi connectivity index (χ0) is 22.5. The molecular formula is C20H21N5O4S2. The number of hydrogen-bond donors (Lipinski definition) is 2. The number of non-ortho nitro benzene ring substituents is 1. The number of benzene rings is 2. The number of nitro benzene ring substituents is 1. The summed E-state index contributed by atoms with van der Waals surface area (Å²) in [4.78, 5) is 23.1. The number of hydrogen-bond acceptors (Lipinski definition) is 9. The van der Waals surface area contributed by atoms with Gasteiger partial charge in [0.15, 0.2) is 4.34 Å². The molecule has 0 radical (unpaired) electrons. The maximum absolute atomic E-state index is 12.6. The molecule has 3 rings (SSSR count). The number of amides is 1. The summed E-state index contributed by atoms with van der Waals surface area (Å²) in [6, 6.07) is 10.1. The fourth-order valence-corrected chi connectivity index (χ4v) is 4.51. The van der Waals surface area contributed by atoms with Crippen molar-refractivity contribution in [2.24, 2.45) is 0 Å². The molecule has 9 nitrogen and oxygen atoms in total. The van der Waals surface area contributed by atoms with Gasteiger partial charge in [0.1, 0.15) is 5.75 Å². The Morgan fingerprint density at radius 3 is 2.65 bits per heavy atom. The highest BCUT2D eigenvalue weighted by Gasteiger charge is 2.20. The molecule has 2 aromatic carbocycles. The molecular weight excluding hydrogens is 438 g/mol. The van der Waals surface area contributed by atoms with Gasteiger partial charge >= 0.3 is 0 Å². The van der Waals surface area contributed by atoms with Gasteiger partial charge in [0.2, 0.25) is 11.0 Å². The Hall–Kier alpha value is -3.18. The number of ether oxygens (including phenoxy) is 1. The van der Waals surface area contributed by atoms with Crippen molar-refractivity contribution in [1.82, 2.24) is 10.2 Å². The van der Waals surface area contributed by atoms with E-state index < -0.39 is 10.2 Å². The monoisotopic (exact) mass is 459 g/mol. The van der Waals surface area contributed by atoms with E-state index in [2.05, 4.69) is 27.8 Å². The van der Waals surface area contributed by atoms with Crippen LogP contribution in [-0.4, -0.2) is 33.4 Å². The van der Waals surface area contributed by atoms with Gasteiger partial charge in [0.25, 0.3) is 5.69 Å². The first-order valence-electron chi connectivity index (χ1n) is 9.24. The van der Waals surface area contributed by atoms with Crippen LogP contribution in [0.1, 0.15) is 18.1 Å². The molecule has 1 amide bonds. The van der Waals surface area contributed by atoms with Gasteiger partial charge in [-0.25, -0.2) is 0 Å². The largest absolute Gasteiger partial charge is 0.495 e. The third-order valence-corrected chi connectivity index (χ3v) is 6.49. The molecule has 0 aliphatic carbocycles. The smallest absolute Gasteiger partial charge is 0.271 e. The van der Waals surface area contributed by atoms with Crippen LogP contribution in [-0.2, 0) is 4.79 Å². The molecule has 1 atom stereocenters. The number of nitrogens with zero attached hydrogens (tertiary/aromatic N) is 3. The Kier molecular flexibility index (Phi) is 7.08. The fourth-order valence-electron chi connectivity index (χ4n) is 2.60. The number of nitrogens with one attached hydrogen (secondary N) is 2. The predicted octanol–water partition coefficient (Wildman–Crippen LogP) is 4.93. The number of thioether (sulfide) groups is 1. The second kappa shape index (κ2) is 9.75. The summed E-state index contributed by atoms with van der Waals surface area (Å²) in [5, 5.41) is 25.3. The Morgan fingerprint density at radius 1 is 1.19 bits per heavy atom. The lowest BCUT2D eigenvalue weighted by molar-refractivity contribution is -0.384. The minimum atomic E-state index is -0.529. The summed E-state index contributed by atoms with van der Waals surface area (Å²) >= 11 is 2.59. The maximum Gasteiger partial charge on any atom is 0.271 e. The summed E-state index contributed by atoms with van der Waals surface area (Å²) in [6.45, 7) is 5.81. The Balaban J connectivity index is 1.64. The average molecular weight is 460 g/mol. The van der Waals surface area contributed by atoms with Gasteiger partial charge in [-0.05, 0) is 50.1 Å². The summed E-state index contributed by atoms with van der Waals surface area (Å²) in [5.74, 6) is 0.00890. The number of carbonyl (C=O) groups is 1. The molecule has 0 saturated heterocycles. The van der Waals surface area contributed by atoms with Gasteiger partial charge in [-0.3, -0.25) is 14.9 Å². The molecule has 0 spiro atoms. The number of rotatable bonds is 8. The second-order valence-corrected chi connectivity index (χ2v) is 9.25. The molecule has 2 N–H and O–H groups in total. The van der Waals surface area contributed by atoms with Crippen molar-refractivity contribution in [2.75, 3.05) is 17.7 Å². The maximum atomic E-state index is 12.6. The van der Waals surface area contributed by atoms with Crippen molar-refractivity contribution < 1.29 is 14.5 Å². The van der Waals surface area contributed by atoms with Crippen molar-refractivity contribution >= 4 is 51.2 Å². The van der Waals surface area contributed by atoms with Gasteiger partial charge in [-0.15, -0.1) is 10.2 Å². The van der Waals surface area contributed by atoms with Crippen molar-refractivity contribution in [3.63, 3.8) is 0 Å². The normalized spacial score (nSPS) is 11.6. The Labute approximate surface area is 187 Å². The molecule has 0 aliphatic rings. The summed E-state index contributed by atoms with van der Waals surface area (Å²) in [7, 11) is 1.43. The molecule has 11 heteroatoms. The quantitative estimate of drug-likeness (QED) is 0.276. The first-order chi connectivity index (χ1) is 14.8. The lowest BCUT2D eigenvalue weighted by atomic mass is 10.1. The summed E-state index contributed by atoms with van der Waals surface area (Å²) in [5.41, 5.74) is 3.40. The van der Waals surface area contributed by atoms with Crippen LogP contribution in [0.3, 0.4) is 0 Å². The topological polar surface area (TPSA) is 119 Å². The molecule has 1 unspecified atom stereocenters. The van der Waals surface area contributed by atoms with E-state index in [1.54, 1.807) is 6.92 Å². The summed E-state index contributed by atoms with van der Waals surface area (Å²) < 4.78 is 5.81. The number of aryl methyl sites for hydroxylation is 2. The van der Waals surface area contributed by atoms with E-state index in [0.29, 0.717) is 15.2 Å². The average Bonchev–Trinajstić information content (AvgIpc) is 3.17. The van der Waals surface area contributed by atoms with Crippen LogP contribution in [0, 0.1) is 24.0 Å². The lowest BCUT2D eigenvalue weighted by Crippen LogP contribution is -2.22. The SMILES string of the molecule is COc1ccc([N+](=O)[O-])cc1NC(=O)C(C)Sc1nnc(Nc2ccc(C)c(C)c2)s1. The number of aromatic nitrogens is 2. The zero-order valence-corrected chi connectivity index (χ0v) is 19.0. The van der Waals surface area contributed by atoms with E-state index in [1.807, 2.05) is 25.1 Å². The van der Waals surface area contributed by atoms with E-state index in [1.165, 1.54) is 59.5 Å². The van der Waals surface area contributed by atoms with Crippen LogP contribution in [0.4, 0.5) is 22.2 Å². The van der Waals surface area contributed by atoms with E-state index >= 15 is 0 Å². The third kappa shape index (κ3) is 5.70. The van der Waals surface area contributed by atoms with Gasteiger partial charge < -0.3 is 15.4 Å². The Morgan fingerprint density at radius 2 is 1.97 bits per heavy atom. The van der Waals surface area contributed by atoms with Gasteiger partial charge in [-0.2, -0.15) is 0 Å². The Bertz CT molecular complexity index is 1120.